The molecule has 2 heterocycles. The summed E-state index contributed by atoms with van der Waals surface area (Å²) < 4.78 is 2.23. The molecule has 6 aromatic carbocycles. The highest BCUT2D eigenvalue weighted by Crippen LogP contribution is 2.57. The van der Waals surface area contributed by atoms with Crippen LogP contribution in [0.5, 0.6) is 0 Å². The second kappa shape index (κ2) is 11.9. The number of hydrogen-bond acceptors (Lipinski definition) is 3. The van der Waals surface area contributed by atoms with Gasteiger partial charge in [-0.25, -0.2) is 4.98 Å². The van der Waals surface area contributed by atoms with Gasteiger partial charge in [0.1, 0.15) is 0 Å². The average Bonchev–Trinajstić information content (AvgIpc) is 3.65. The van der Waals surface area contributed by atoms with Gasteiger partial charge in [-0.05, 0) is 59.4 Å². The molecule has 0 saturated carbocycles. The Morgan fingerprint density at radius 3 is 1.62 bits per heavy atom. The molecule has 1 aliphatic carbocycles. The first-order valence-electron chi connectivity index (χ1n) is 17.1. The van der Waals surface area contributed by atoms with E-state index in [0.29, 0.717) is 17.6 Å². The summed E-state index contributed by atoms with van der Waals surface area (Å²) >= 11 is 0. The molecule has 0 bridgehead atoms. The van der Waals surface area contributed by atoms with Crippen LogP contribution in [0.3, 0.4) is 0 Å². The van der Waals surface area contributed by atoms with Gasteiger partial charge in [-0.3, -0.25) is 4.57 Å². The highest BCUT2D eigenvalue weighted by atomic mass is 15.2. The summed E-state index contributed by atoms with van der Waals surface area (Å²) in [6, 6.07) is 55.5. The van der Waals surface area contributed by atoms with Gasteiger partial charge < -0.3 is 0 Å². The Morgan fingerprint density at radius 2 is 1.06 bits per heavy atom. The standard InChI is InChI=1S/C46H34N4/c1-3-18-36-31(2)46(34-23-12-6-13-24-34,35-25-14-7-15-26-35)42-37(36)29-30-40-41(42)38-27-16-17-28-39(38)50(40)45-48-43(32-19-8-4-9-20-32)47-44(49-45)33-21-10-5-11-22-33/h3-30H,1-2H3/b18-3-. The molecule has 0 amide bonds. The zero-order valence-electron chi connectivity index (χ0n) is 28.0. The van der Waals surface area contributed by atoms with Gasteiger partial charge in [-0.1, -0.05) is 158 Å². The van der Waals surface area contributed by atoms with Gasteiger partial charge in [0.05, 0.1) is 16.4 Å². The number of fused-ring (bicyclic) bond motifs is 5. The molecular formula is C46H34N4. The monoisotopic (exact) mass is 642 g/mol. The fourth-order valence-corrected chi connectivity index (χ4v) is 8.02. The third-order valence-electron chi connectivity index (χ3n) is 10.1. The first kappa shape index (κ1) is 29.7. The number of hydrogen-bond donors (Lipinski definition) is 0. The van der Waals surface area contributed by atoms with Crippen LogP contribution in [-0.4, -0.2) is 19.5 Å². The minimum atomic E-state index is -0.523. The Hall–Kier alpha value is -6.39. The molecule has 0 fully saturated rings. The molecule has 50 heavy (non-hydrogen) atoms. The van der Waals surface area contributed by atoms with Crippen molar-refractivity contribution in [2.45, 2.75) is 19.3 Å². The fourth-order valence-electron chi connectivity index (χ4n) is 8.02. The van der Waals surface area contributed by atoms with Gasteiger partial charge in [0.25, 0.3) is 0 Å². The van der Waals surface area contributed by atoms with Gasteiger partial charge in [0.15, 0.2) is 11.6 Å². The molecule has 0 spiro atoms. The van der Waals surface area contributed by atoms with Crippen LogP contribution < -0.4 is 0 Å². The molecule has 0 unspecified atom stereocenters. The predicted octanol–water partition coefficient (Wildman–Crippen LogP) is 11.0. The lowest BCUT2D eigenvalue weighted by Gasteiger charge is -2.35. The van der Waals surface area contributed by atoms with Crippen molar-refractivity contribution in [3.05, 3.63) is 198 Å². The maximum absolute atomic E-state index is 5.20. The number of allylic oxidation sites excluding steroid dienone is 4. The Kier molecular flexibility index (Phi) is 7.10. The second-order valence-electron chi connectivity index (χ2n) is 12.8. The lowest BCUT2D eigenvalue weighted by Crippen LogP contribution is -2.29. The van der Waals surface area contributed by atoms with Crippen LogP contribution in [-0.2, 0) is 5.41 Å². The lowest BCUT2D eigenvalue weighted by atomic mass is 9.66. The molecule has 0 aliphatic heterocycles. The van der Waals surface area contributed by atoms with Crippen LogP contribution in [0.4, 0.5) is 0 Å². The molecule has 9 rings (SSSR count). The lowest BCUT2D eigenvalue weighted by molar-refractivity contribution is 0.750. The van der Waals surface area contributed by atoms with Crippen LogP contribution >= 0.6 is 0 Å². The van der Waals surface area contributed by atoms with Gasteiger partial charge >= 0.3 is 0 Å². The summed E-state index contributed by atoms with van der Waals surface area (Å²) in [5.41, 5.74) is 11.0. The zero-order valence-corrected chi connectivity index (χ0v) is 28.0. The van der Waals surface area contributed by atoms with Crippen molar-refractivity contribution < 1.29 is 0 Å². The molecule has 1 aliphatic rings. The Balaban J connectivity index is 1.43. The van der Waals surface area contributed by atoms with E-state index in [4.69, 9.17) is 15.0 Å². The number of para-hydroxylation sites is 1. The Morgan fingerprint density at radius 1 is 0.540 bits per heavy atom. The molecule has 2 aromatic heterocycles. The number of aromatic nitrogens is 4. The van der Waals surface area contributed by atoms with Crippen molar-refractivity contribution in [1.29, 1.82) is 0 Å². The average molecular weight is 643 g/mol. The van der Waals surface area contributed by atoms with Gasteiger partial charge in [-0.15, -0.1) is 0 Å². The summed E-state index contributed by atoms with van der Waals surface area (Å²) in [5, 5.41) is 2.36. The summed E-state index contributed by atoms with van der Waals surface area (Å²) in [6.45, 7) is 4.41. The normalized spacial score (nSPS) is 13.8. The first-order chi connectivity index (χ1) is 24.7. The molecule has 0 N–H and O–H groups in total. The molecule has 8 aromatic rings. The van der Waals surface area contributed by atoms with Crippen LogP contribution in [0.15, 0.2) is 175 Å². The van der Waals surface area contributed by atoms with E-state index in [-0.39, 0.29) is 0 Å². The Labute approximate surface area is 291 Å². The van der Waals surface area contributed by atoms with Crippen LogP contribution in [0.2, 0.25) is 0 Å². The van der Waals surface area contributed by atoms with Gasteiger partial charge in [-0.2, -0.15) is 9.97 Å². The van der Waals surface area contributed by atoms with E-state index in [0.717, 1.165) is 27.5 Å². The van der Waals surface area contributed by atoms with E-state index < -0.39 is 5.41 Å². The van der Waals surface area contributed by atoms with Crippen molar-refractivity contribution in [3.8, 4) is 28.7 Å². The minimum absolute atomic E-state index is 0.523. The van der Waals surface area contributed by atoms with Crippen molar-refractivity contribution in [2.24, 2.45) is 0 Å². The van der Waals surface area contributed by atoms with E-state index in [1.165, 1.54) is 38.8 Å². The van der Waals surface area contributed by atoms with E-state index >= 15 is 0 Å². The molecule has 0 atom stereocenters. The van der Waals surface area contributed by atoms with E-state index in [1.54, 1.807) is 0 Å². The Bertz CT molecular complexity index is 2490. The largest absolute Gasteiger partial charge is 0.278 e. The van der Waals surface area contributed by atoms with Crippen LogP contribution in [0, 0.1) is 0 Å². The molecule has 238 valence electrons. The fraction of sp³-hybridized carbons (Fsp3) is 0.0652. The SMILES string of the molecule is C/C=C\C1=C(C)C(c2ccccc2)(c2ccccc2)c2c1ccc1c2c2ccccc2n1-c1nc(-c2ccccc2)nc(-c2ccccc2)n1. The summed E-state index contributed by atoms with van der Waals surface area (Å²) in [4.78, 5) is 15.4. The number of nitrogens with zero attached hydrogens (tertiary/aromatic N) is 4. The predicted molar refractivity (Wildman–Crippen MR) is 205 cm³/mol. The van der Waals surface area contributed by atoms with Crippen LogP contribution in [0.1, 0.15) is 36.1 Å². The minimum Gasteiger partial charge on any atom is -0.278 e. The maximum atomic E-state index is 5.20. The maximum Gasteiger partial charge on any atom is 0.238 e. The van der Waals surface area contributed by atoms with Crippen molar-refractivity contribution >= 4 is 27.4 Å². The zero-order chi connectivity index (χ0) is 33.7. The molecule has 4 heteroatoms. The molecule has 0 saturated heterocycles. The summed E-state index contributed by atoms with van der Waals surface area (Å²) in [5.74, 6) is 1.86. The molecule has 0 radical (unpaired) electrons. The third-order valence-corrected chi connectivity index (χ3v) is 10.1. The smallest absolute Gasteiger partial charge is 0.238 e. The summed E-state index contributed by atoms with van der Waals surface area (Å²) in [6.07, 6.45) is 4.43. The molecule has 4 nitrogen and oxygen atoms in total. The van der Waals surface area contributed by atoms with Crippen molar-refractivity contribution in [1.82, 2.24) is 19.5 Å². The van der Waals surface area contributed by atoms with E-state index in [2.05, 4.69) is 152 Å². The molecular weight excluding hydrogens is 609 g/mol. The second-order valence-corrected chi connectivity index (χ2v) is 12.8. The van der Waals surface area contributed by atoms with E-state index in [9.17, 15) is 0 Å². The van der Waals surface area contributed by atoms with Gasteiger partial charge in [0.2, 0.25) is 5.95 Å². The van der Waals surface area contributed by atoms with Crippen LogP contribution in [0.25, 0.3) is 56.1 Å². The number of benzene rings is 6. The third kappa shape index (κ3) is 4.42. The quantitative estimate of drug-likeness (QED) is 0.181. The van der Waals surface area contributed by atoms with Crippen molar-refractivity contribution in [2.75, 3.05) is 0 Å². The van der Waals surface area contributed by atoms with Gasteiger partial charge in [0, 0.05) is 21.9 Å². The first-order valence-corrected chi connectivity index (χ1v) is 17.1. The van der Waals surface area contributed by atoms with Crippen molar-refractivity contribution in [3.63, 3.8) is 0 Å². The topological polar surface area (TPSA) is 43.6 Å². The van der Waals surface area contributed by atoms with E-state index in [1.807, 2.05) is 36.4 Å². The highest BCUT2D eigenvalue weighted by Gasteiger charge is 2.47. The number of rotatable bonds is 6. The highest BCUT2D eigenvalue weighted by molar-refractivity contribution is 6.14. The summed E-state index contributed by atoms with van der Waals surface area (Å²) in [7, 11) is 0.